The van der Waals surface area contributed by atoms with Crippen molar-refractivity contribution in [2.45, 2.75) is 44.1 Å². The second kappa shape index (κ2) is 8.97. The number of hydrogen-bond acceptors (Lipinski definition) is 5. The predicted octanol–water partition coefficient (Wildman–Crippen LogP) is 5.68. The van der Waals surface area contributed by atoms with Crippen molar-refractivity contribution in [3.8, 4) is 0 Å². The Hall–Kier alpha value is -2.02. The van der Waals surface area contributed by atoms with Crippen molar-refractivity contribution in [1.29, 1.82) is 0 Å². The molecule has 3 unspecified atom stereocenters. The van der Waals surface area contributed by atoms with Crippen LogP contribution in [-0.2, 0) is 4.74 Å². The Kier molecular flexibility index (Phi) is 5.85. The average molecular weight is 466 g/mol. The lowest BCUT2D eigenvalue weighted by molar-refractivity contribution is -0.0234. The molecule has 174 valence electrons. The fourth-order valence-electron chi connectivity index (χ4n) is 5.92. The van der Waals surface area contributed by atoms with Crippen molar-refractivity contribution in [2.75, 3.05) is 38.1 Å². The number of para-hydroxylation sites is 1. The summed E-state index contributed by atoms with van der Waals surface area (Å²) in [6, 6.07) is 17.2. The monoisotopic (exact) mass is 465 g/mol. The summed E-state index contributed by atoms with van der Waals surface area (Å²) in [5.41, 5.74) is 3.44. The van der Waals surface area contributed by atoms with E-state index in [2.05, 4.69) is 59.3 Å². The quantitative estimate of drug-likeness (QED) is 0.485. The maximum absolute atomic E-state index is 13.8. The Morgan fingerprint density at radius 2 is 1.79 bits per heavy atom. The van der Waals surface area contributed by atoms with Crippen molar-refractivity contribution in [3.63, 3.8) is 0 Å². The first kappa shape index (κ1) is 21.5. The number of ether oxygens (including phenoxy) is 1. The molecule has 1 aliphatic carbocycles. The van der Waals surface area contributed by atoms with E-state index in [9.17, 15) is 4.39 Å². The van der Waals surface area contributed by atoms with E-state index in [0.717, 1.165) is 62.4 Å². The second-order valence-electron chi connectivity index (χ2n) is 10.1. The van der Waals surface area contributed by atoms with E-state index in [1.807, 2.05) is 6.07 Å². The van der Waals surface area contributed by atoms with Gasteiger partial charge in [-0.25, -0.2) is 9.37 Å². The molecule has 2 saturated heterocycles. The van der Waals surface area contributed by atoms with E-state index in [4.69, 9.17) is 9.72 Å². The fraction of sp³-hybridized carbons (Fsp3) is 0.519. The summed E-state index contributed by atoms with van der Waals surface area (Å²) in [6.45, 7) is 4.08. The third-order valence-electron chi connectivity index (χ3n) is 7.76. The molecule has 3 atom stereocenters. The lowest BCUT2D eigenvalue weighted by Crippen LogP contribution is -2.35. The van der Waals surface area contributed by atoms with E-state index in [0.29, 0.717) is 11.8 Å². The molecule has 6 heteroatoms. The first-order valence-corrected chi connectivity index (χ1v) is 13.1. The average Bonchev–Trinajstić information content (AvgIpc) is 3.51. The molecule has 3 fully saturated rings. The zero-order chi connectivity index (χ0) is 22.4. The number of rotatable bonds is 5. The first-order valence-electron chi connectivity index (χ1n) is 12.3. The molecular weight excluding hydrogens is 433 g/mol. The predicted molar refractivity (Wildman–Crippen MR) is 133 cm³/mol. The van der Waals surface area contributed by atoms with Crippen molar-refractivity contribution >= 4 is 27.2 Å². The Bertz CT molecular complexity index is 1060. The molecule has 3 aromatic rings. The number of piperidine rings is 1. The molecule has 2 aliphatic heterocycles. The van der Waals surface area contributed by atoms with Gasteiger partial charge in [-0.1, -0.05) is 24.3 Å². The van der Waals surface area contributed by atoms with Crippen LogP contribution in [0.25, 0.3) is 10.2 Å². The van der Waals surface area contributed by atoms with Gasteiger partial charge in [0.15, 0.2) is 0 Å². The van der Waals surface area contributed by atoms with Gasteiger partial charge in [0.05, 0.1) is 16.3 Å². The van der Waals surface area contributed by atoms with Gasteiger partial charge < -0.3 is 14.5 Å². The van der Waals surface area contributed by atoms with Crippen LogP contribution in [0.15, 0.2) is 48.5 Å². The molecule has 3 heterocycles. The minimum Gasteiger partial charge on any atom is -0.371 e. The van der Waals surface area contributed by atoms with Crippen molar-refractivity contribution in [1.82, 2.24) is 9.88 Å². The molecule has 0 radical (unpaired) electrons. The van der Waals surface area contributed by atoms with Crippen LogP contribution in [0.4, 0.5) is 10.1 Å². The molecule has 0 amide bonds. The SMILES string of the molecule is CN1CCC(OC(c2cccc(N3CC4CC(F)CC4C3)c2)c2nc3ccccc3s2)CC1. The standard InChI is InChI=1S/C27H32FN3OS/c1-30-11-9-23(10-12-30)32-26(27-29-24-7-2-3-8-25(24)33-27)18-5-4-6-22(15-18)31-16-19-13-21(28)14-20(19)17-31/h2-8,15,19-21,23,26H,9-14,16-17H2,1H3. The smallest absolute Gasteiger partial charge is 0.134 e. The van der Waals surface area contributed by atoms with Crippen LogP contribution in [0.2, 0.25) is 0 Å². The van der Waals surface area contributed by atoms with E-state index in [1.54, 1.807) is 11.3 Å². The van der Waals surface area contributed by atoms with Gasteiger partial charge in [-0.3, -0.25) is 0 Å². The minimum absolute atomic E-state index is 0.159. The summed E-state index contributed by atoms with van der Waals surface area (Å²) in [7, 11) is 2.18. The molecule has 6 rings (SSSR count). The van der Waals surface area contributed by atoms with E-state index in [-0.39, 0.29) is 12.2 Å². The summed E-state index contributed by atoms with van der Waals surface area (Å²) in [5.74, 6) is 0.999. The fourth-order valence-corrected chi connectivity index (χ4v) is 6.95. The van der Waals surface area contributed by atoms with Crippen molar-refractivity contribution in [2.24, 2.45) is 11.8 Å². The van der Waals surface area contributed by atoms with Gasteiger partial charge in [-0.2, -0.15) is 0 Å². The maximum Gasteiger partial charge on any atom is 0.134 e. The normalized spacial score (nSPS) is 27.3. The third-order valence-corrected chi connectivity index (χ3v) is 8.84. The molecule has 1 aromatic heterocycles. The van der Waals surface area contributed by atoms with Crippen LogP contribution >= 0.6 is 11.3 Å². The number of halogens is 1. The lowest BCUT2D eigenvalue weighted by atomic mass is 10.0. The molecule has 3 aliphatic rings. The zero-order valence-corrected chi connectivity index (χ0v) is 20.0. The summed E-state index contributed by atoms with van der Waals surface area (Å²) in [5, 5.41) is 1.03. The van der Waals surface area contributed by atoms with Crippen LogP contribution in [0.3, 0.4) is 0 Å². The first-order chi connectivity index (χ1) is 16.1. The second-order valence-corrected chi connectivity index (χ2v) is 11.2. The maximum atomic E-state index is 13.8. The highest BCUT2D eigenvalue weighted by Gasteiger charge is 2.41. The molecule has 2 aromatic carbocycles. The minimum atomic E-state index is -0.597. The summed E-state index contributed by atoms with van der Waals surface area (Å²) in [6.07, 6.45) is 3.06. The summed E-state index contributed by atoms with van der Waals surface area (Å²) >= 11 is 1.74. The molecule has 4 nitrogen and oxygen atoms in total. The van der Waals surface area contributed by atoms with Gasteiger partial charge in [0.2, 0.25) is 0 Å². The number of alkyl halides is 1. The highest BCUT2D eigenvalue weighted by molar-refractivity contribution is 7.18. The highest BCUT2D eigenvalue weighted by atomic mass is 32.1. The Morgan fingerprint density at radius 3 is 2.55 bits per heavy atom. The Balaban J connectivity index is 1.29. The van der Waals surface area contributed by atoms with E-state index < -0.39 is 6.17 Å². The molecule has 33 heavy (non-hydrogen) atoms. The Labute approximate surface area is 199 Å². The number of fused-ring (bicyclic) bond motifs is 2. The van der Waals surface area contributed by atoms with Crippen LogP contribution in [-0.4, -0.2) is 55.4 Å². The van der Waals surface area contributed by atoms with Crippen LogP contribution in [0.1, 0.15) is 42.4 Å². The number of thiazole rings is 1. The number of hydrogen-bond donors (Lipinski definition) is 0. The number of aromatic nitrogens is 1. The summed E-state index contributed by atoms with van der Waals surface area (Å²) < 4.78 is 21.8. The molecule has 0 bridgehead atoms. The van der Waals surface area contributed by atoms with Gasteiger partial charge in [0.1, 0.15) is 17.3 Å². The molecule has 1 saturated carbocycles. The number of likely N-dealkylation sites (tertiary alicyclic amines) is 1. The van der Waals surface area contributed by atoms with E-state index >= 15 is 0 Å². The third kappa shape index (κ3) is 4.41. The van der Waals surface area contributed by atoms with Crippen LogP contribution in [0.5, 0.6) is 0 Å². The van der Waals surface area contributed by atoms with Crippen LogP contribution < -0.4 is 4.90 Å². The van der Waals surface area contributed by atoms with Gasteiger partial charge in [-0.05, 0) is 74.4 Å². The van der Waals surface area contributed by atoms with Crippen molar-refractivity contribution < 1.29 is 9.13 Å². The number of nitrogens with zero attached hydrogens (tertiary/aromatic N) is 3. The van der Waals surface area contributed by atoms with Gasteiger partial charge in [0.25, 0.3) is 0 Å². The van der Waals surface area contributed by atoms with Crippen LogP contribution in [0, 0.1) is 11.8 Å². The lowest BCUT2D eigenvalue weighted by Gasteiger charge is -2.31. The van der Waals surface area contributed by atoms with Gasteiger partial charge >= 0.3 is 0 Å². The van der Waals surface area contributed by atoms with Gasteiger partial charge in [0, 0.05) is 31.9 Å². The van der Waals surface area contributed by atoms with Gasteiger partial charge in [-0.15, -0.1) is 11.3 Å². The number of anilines is 1. The zero-order valence-electron chi connectivity index (χ0n) is 19.2. The summed E-state index contributed by atoms with van der Waals surface area (Å²) in [4.78, 5) is 9.81. The largest absolute Gasteiger partial charge is 0.371 e. The topological polar surface area (TPSA) is 28.6 Å². The number of benzene rings is 2. The molecular formula is C27H32FN3OS. The van der Waals surface area contributed by atoms with Crippen molar-refractivity contribution in [3.05, 3.63) is 59.1 Å². The molecule has 0 spiro atoms. The highest BCUT2D eigenvalue weighted by Crippen LogP contribution is 2.42. The van der Waals surface area contributed by atoms with E-state index in [1.165, 1.54) is 16.0 Å². The Morgan fingerprint density at radius 1 is 1.03 bits per heavy atom. The molecule has 0 N–H and O–H groups in total.